The van der Waals surface area contributed by atoms with Crippen molar-refractivity contribution in [2.75, 3.05) is 6.61 Å². The first-order valence-corrected chi connectivity index (χ1v) is 12.8. The number of benzene rings is 3. The highest BCUT2D eigenvalue weighted by Gasteiger charge is 2.09. The first-order valence-electron chi connectivity index (χ1n) is 12.8. The molecule has 0 aliphatic heterocycles. The molecular formula is C31H38O3. The van der Waals surface area contributed by atoms with Crippen LogP contribution in [-0.2, 0) is 6.42 Å². The normalized spacial score (nSPS) is 10.8. The Balaban J connectivity index is 1.48. The van der Waals surface area contributed by atoms with Crippen LogP contribution in [0.1, 0.15) is 81.1 Å². The van der Waals surface area contributed by atoms with Crippen LogP contribution in [-0.4, -0.2) is 12.6 Å². The molecule has 0 atom stereocenters. The van der Waals surface area contributed by atoms with E-state index < -0.39 is 0 Å². The molecule has 0 fully saturated rings. The summed E-state index contributed by atoms with van der Waals surface area (Å²) in [6.07, 6.45) is 11.0. The Morgan fingerprint density at radius 2 is 1.18 bits per heavy atom. The lowest BCUT2D eigenvalue weighted by Crippen LogP contribution is -2.08. The zero-order valence-electron chi connectivity index (χ0n) is 20.7. The predicted octanol–water partition coefficient (Wildman–Crippen LogP) is 8.65. The maximum atomic E-state index is 12.6. The van der Waals surface area contributed by atoms with Gasteiger partial charge in [-0.05, 0) is 72.4 Å². The zero-order valence-corrected chi connectivity index (χ0v) is 20.7. The molecule has 3 nitrogen and oxygen atoms in total. The van der Waals surface area contributed by atoms with E-state index in [0.29, 0.717) is 11.3 Å². The van der Waals surface area contributed by atoms with E-state index in [9.17, 15) is 4.79 Å². The summed E-state index contributed by atoms with van der Waals surface area (Å²) in [7, 11) is 0. The fourth-order valence-electron chi connectivity index (χ4n) is 3.91. The molecule has 0 radical (unpaired) electrons. The fraction of sp³-hybridized carbons (Fsp3) is 0.387. The highest BCUT2D eigenvalue weighted by atomic mass is 16.5. The highest BCUT2D eigenvalue weighted by Crippen LogP contribution is 2.23. The number of esters is 1. The molecule has 3 aromatic rings. The Bertz CT molecular complexity index is 973. The number of carbonyl (C=O) groups excluding carboxylic acids is 1. The summed E-state index contributed by atoms with van der Waals surface area (Å²) in [5.74, 6) is 0.960. The molecular weight excluding hydrogens is 420 g/mol. The number of hydrogen-bond donors (Lipinski definition) is 0. The van der Waals surface area contributed by atoms with Crippen LogP contribution in [0.25, 0.3) is 11.1 Å². The van der Waals surface area contributed by atoms with Crippen molar-refractivity contribution in [3.8, 4) is 22.6 Å². The van der Waals surface area contributed by atoms with Gasteiger partial charge in [-0.3, -0.25) is 0 Å². The summed E-state index contributed by atoms with van der Waals surface area (Å²) >= 11 is 0. The Labute approximate surface area is 205 Å². The van der Waals surface area contributed by atoms with E-state index in [2.05, 4.69) is 38.1 Å². The average Bonchev–Trinajstić information content (AvgIpc) is 2.88. The van der Waals surface area contributed by atoms with Gasteiger partial charge in [-0.15, -0.1) is 0 Å². The van der Waals surface area contributed by atoms with Crippen molar-refractivity contribution in [2.45, 2.75) is 71.6 Å². The monoisotopic (exact) mass is 458 g/mol. The van der Waals surface area contributed by atoms with Crippen molar-refractivity contribution in [3.05, 3.63) is 83.9 Å². The third-order valence-electron chi connectivity index (χ3n) is 6.03. The Morgan fingerprint density at radius 1 is 0.618 bits per heavy atom. The second-order valence-corrected chi connectivity index (χ2v) is 8.85. The number of aryl methyl sites for hydroxylation is 1. The van der Waals surface area contributed by atoms with Gasteiger partial charge in [-0.1, -0.05) is 88.8 Å². The van der Waals surface area contributed by atoms with Gasteiger partial charge in [0.05, 0.1) is 12.2 Å². The van der Waals surface area contributed by atoms with E-state index in [1.165, 1.54) is 50.5 Å². The lowest BCUT2D eigenvalue weighted by Gasteiger charge is -2.09. The number of ether oxygens (including phenoxy) is 2. The summed E-state index contributed by atoms with van der Waals surface area (Å²) in [6.45, 7) is 5.16. The van der Waals surface area contributed by atoms with Gasteiger partial charge in [0.1, 0.15) is 11.5 Å². The lowest BCUT2D eigenvalue weighted by molar-refractivity contribution is 0.0734. The molecule has 0 aliphatic rings. The maximum absolute atomic E-state index is 12.6. The number of hydrogen-bond acceptors (Lipinski definition) is 3. The van der Waals surface area contributed by atoms with Crippen LogP contribution >= 0.6 is 0 Å². The molecule has 180 valence electrons. The molecule has 0 unspecified atom stereocenters. The first kappa shape index (κ1) is 25.6. The van der Waals surface area contributed by atoms with Crippen LogP contribution in [0.2, 0.25) is 0 Å². The number of carbonyl (C=O) groups is 1. The van der Waals surface area contributed by atoms with Gasteiger partial charge in [0.25, 0.3) is 0 Å². The quantitative estimate of drug-likeness (QED) is 0.138. The zero-order chi connectivity index (χ0) is 24.0. The molecule has 0 N–H and O–H groups in total. The van der Waals surface area contributed by atoms with Crippen molar-refractivity contribution in [2.24, 2.45) is 0 Å². The largest absolute Gasteiger partial charge is 0.494 e. The molecule has 3 aromatic carbocycles. The van der Waals surface area contributed by atoms with E-state index in [0.717, 1.165) is 36.3 Å². The number of unbranched alkanes of at least 4 members (excludes halogenated alkanes) is 6. The molecule has 0 saturated heterocycles. The Morgan fingerprint density at radius 3 is 1.82 bits per heavy atom. The summed E-state index contributed by atoms with van der Waals surface area (Å²) in [5.41, 5.74) is 4.15. The summed E-state index contributed by atoms with van der Waals surface area (Å²) in [6, 6.07) is 23.6. The third-order valence-corrected chi connectivity index (χ3v) is 6.03. The average molecular weight is 459 g/mol. The van der Waals surface area contributed by atoms with Gasteiger partial charge in [-0.2, -0.15) is 0 Å². The molecule has 0 aliphatic carbocycles. The summed E-state index contributed by atoms with van der Waals surface area (Å²) in [5, 5.41) is 0. The van der Waals surface area contributed by atoms with E-state index in [1.54, 1.807) is 12.1 Å². The molecule has 0 heterocycles. The third kappa shape index (κ3) is 8.37. The Kier molecular flexibility index (Phi) is 10.7. The summed E-state index contributed by atoms with van der Waals surface area (Å²) < 4.78 is 11.3. The Hall–Kier alpha value is -3.07. The molecule has 3 heteroatoms. The SMILES string of the molecule is CCCCCCCOc1ccc(OC(=O)c2ccc(-c3ccc(CCCCC)cc3)cc2)cc1. The van der Waals surface area contributed by atoms with Crippen LogP contribution in [0.4, 0.5) is 0 Å². The number of rotatable bonds is 14. The standard InChI is InChI=1S/C31H38O3/c1-3-5-7-8-10-24-33-29-20-22-30(23-21-29)34-31(32)28-18-16-27(17-19-28)26-14-12-25(13-15-26)11-9-6-4-2/h12-23H,3-11,24H2,1-2H3. The van der Waals surface area contributed by atoms with Crippen molar-refractivity contribution in [1.29, 1.82) is 0 Å². The molecule has 0 aromatic heterocycles. The van der Waals surface area contributed by atoms with Gasteiger partial charge < -0.3 is 9.47 Å². The fourth-order valence-corrected chi connectivity index (χ4v) is 3.91. The molecule has 0 bridgehead atoms. The van der Waals surface area contributed by atoms with Gasteiger partial charge in [-0.25, -0.2) is 4.79 Å². The van der Waals surface area contributed by atoms with Crippen LogP contribution in [0, 0.1) is 0 Å². The van der Waals surface area contributed by atoms with Crippen LogP contribution in [0.3, 0.4) is 0 Å². The molecule has 0 saturated carbocycles. The van der Waals surface area contributed by atoms with Crippen LogP contribution in [0.15, 0.2) is 72.8 Å². The van der Waals surface area contributed by atoms with Crippen molar-refractivity contribution < 1.29 is 14.3 Å². The van der Waals surface area contributed by atoms with E-state index in [-0.39, 0.29) is 5.97 Å². The van der Waals surface area contributed by atoms with E-state index >= 15 is 0 Å². The van der Waals surface area contributed by atoms with Crippen molar-refractivity contribution in [3.63, 3.8) is 0 Å². The minimum absolute atomic E-state index is 0.359. The molecule has 34 heavy (non-hydrogen) atoms. The lowest BCUT2D eigenvalue weighted by atomic mass is 10.0. The van der Waals surface area contributed by atoms with Crippen molar-refractivity contribution >= 4 is 5.97 Å². The summed E-state index contributed by atoms with van der Waals surface area (Å²) in [4.78, 5) is 12.6. The van der Waals surface area contributed by atoms with Gasteiger partial charge >= 0.3 is 5.97 Å². The van der Waals surface area contributed by atoms with Crippen molar-refractivity contribution in [1.82, 2.24) is 0 Å². The first-order chi connectivity index (χ1) is 16.7. The maximum Gasteiger partial charge on any atom is 0.343 e. The van der Waals surface area contributed by atoms with Gasteiger partial charge in [0.15, 0.2) is 0 Å². The predicted molar refractivity (Wildman–Crippen MR) is 141 cm³/mol. The molecule has 0 spiro atoms. The van der Waals surface area contributed by atoms with E-state index in [4.69, 9.17) is 9.47 Å². The topological polar surface area (TPSA) is 35.5 Å². The minimum atomic E-state index is -0.359. The highest BCUT2D eigenvalue weighted by molar-refractivity contribution is 5.91. The van der Waals surface area contributed by atoms with Gasteiger partial charge in [0, 0.05) is 0 Å². The smallest absolute Gasteiger partial charge is 0.343 e. The molecule has 3 rings (SSSR count). The second-order valence-electron chi connectivity index (χ2n) is 8.85. The van der Waals surface area contributed by atoms with Crippen LogP contribution in [0.5, 0.6) is 11.5 Å². The minimum Gasteiger partial charge on any atom is -0.494 e. The molecule has 0 amide bonds. The van der Waals surface area contributed by atoms with Crippen LogP contribution < -0.4 is 9.47 Å². The van der Waals surface area contributed by atoms with E-state index in [1.807, 2.05) is 36.4 Å². The second kappa shape index (κ2) is 14.2. The van der Waals surface area contributed by atoms with Gasteiger partial charge in [0.2, 0.25) is 0 Å².